The number of pyridine rings is 1. The van der Waals surface area contributed by atoms with Gasteiger partial charge in [-0.25, -0.2) is 4.98 Å². The molecule has 0 spiro atoms. The van der Waals surface area contributed by atoms with Crippen LogP contribution in [0.25, 0.3) is 0 Å². The van der Waals surface area contributed by atoms with E-state index in [1.807, 2.05) is 12.1 Å². The largest absolute Gasteiger partial charge is 0.249 e. The molecule has 1 aromatic rings. The Morgan fingerprint density at radius 3 is 2.50 bits per heavy atom. The van der Waals surface area contributed by atoms with Crippen molar-refractivity contribution in [3.8, 4) is 0 Å². The second-order valence-electron chi connectivity index (χ2n) is 1.68. The third-order valence-corrected chi connectivity index (χ3v) is 2.67. The molecule has 0 aliphatic rings. The fourth-order valence-corrected chi connectivity index (χ4v) is 2.39. The van der Waals surface area contributed by atoms with Crippen LogP contribution in [0.4, 0.5) is 0 Å². The van der Waals surface area contributed by atoms with Gasteiger partial charge in [0.05, 0.1) is 3.74 Å². The van der Waals surface area contributed by atoms with E-state index in [1.54, 1.807) is 6.20 Å². The van der Waals surface area contributed by atoms with E-state index in [1.165, 1.54) is 0 Å². The summed E-state index contributed by atoms with van der Waals surface area (Å²) in [5, 5.41) is 0. The molecule has 0 aliphatic carbocycles. The molecule has 0 amide bonds. The average Bonchev–Trinajstić information content (AvgIpc) is 1.88. The lowest BCUT2D eigenvalue weighted by Crippen LogP contribution is -1.84. The summed E-state index contributed by atoms with van der Waals surface area (Å²) in [4.78, 5) is 4.06. The van der Waals surface area contributed by atoms with Crippen LogP contribution in [0, 0.1) is 0 Å². The van der Waals surface area contributed by atoms with E-state index in [4.69, 9.17) is 0 Å². The lowest BCUT2D eigenvalue weighted by Gasteiger charge is -2.01. The van der Waals surface area contributed by atoms with Gasteiger partial charge >= 0.3 is 0 Å². The van der Waals surface area contributed by atoms with Crippen molar-refractivity contribution < 1.29 is 0 Å². The fourth-order valence-electron chi connectivity index (χ4n) is 0.561. The van der Waals surface area contributed by atoms with E-state index in [2.05, 4.69) is 52.8 Å². The Morgan fingerprint density at radius 2 is 2.10 bits per heavy atom. The fraction of sp³-hybridized carbons (Fsp3) is 0.167. The van der Waals surface area contributed by atoms with Crippen molar-refractivity contribution in [3.05, 3.63) is 28.5 Å². The summed E-state index contributed by atoms with van der Waals surface area (Å²) < 4.78 is 1.04. The van der Waals surface area contributed by atoms with Crippen LogP contribution in [0.5, 0.6) is 0 Å². The normalized spacial score (nSPS) is 10.4. The highest BCUT2D eigenvalue weighted by atomic mass is 79.9. The Balaban J connectivity index is 3.03. The van der Waals surface area contributed by atoms with Crippen molar-refractivity contribution in [2.24, 2.45) is 0 Å². The predicted molar refractivity (Wildman–Crippen MR) is 52.5 cm³/mol. The number of hydrogen-bond donors (Lipinski definition) is 0. The SMILES string of the molecule is Brc1ncccc1C(Br)Br. The van der Waals surface area contributed by atoms with Gasteiger partial charge in [0.1, 0.15) is 4.60 Å². The van der Waals surface area contributed by atoms with Crippen molar-refractivity contribution in [2.45, 2.75) is 3.74 Å². The van der Waals surface area contributed by atoms with Crippen LogP contribution in [0.1, 0.15) is 9.30 Å². The number of halogens is 3. The van der Waals surface area contributed by atoms with E-state index in [9.17, 15) is 0 Å². The highest BCUT2D eigenvalue weighted by Gasteiger charge is 2.05. The van der Waals surface area contributed by atoms with Gasteiger partial charge in [-0.3, -0.25) is 0 Å². The third-order valence-electron chi connectivity index (χ3n) is 1.02. The van der Waals surface area contributed by atoms with E-state index in [-0.39, 0.29) is 3.74 Å². The molecule has 1 nitrogen and oxygen atoms in total. The van der Waals surface area contributed by atoms with Gasteiger partial charge in [-0.05, 0) is 22.0 Å². The Kier molecular flexibility index (Phi) is 3.33. The molecular weight excluding hydrogens is 326 g/mol. The molecule has 0 saturated heterocycles. The lowest BCUT2D eigenvalue weighted by atomic mass is 10.3. The maximum absolute atomic E-state index is 4.06. The molecule has 0 bridgehead atoms. The highest BCUT2D eigenvalue weighted by molar-refractivity contribution is 9.24. The molecule has 0 fully saturated rings. The molecule has 0 aromatic carbocycles. The Morgan fingerprint density at radius 1 is 1.40 bits per heavy atom. The summed E-state index contributed by atoms with van der Waals surface area (Å²) in [5.41, 5.74) is 1.10. The van der Waals surface area contributed by atoms with Crippen LogP contribution in [0.3, 0.4) is 0 Å². The zero-order valence-electron chi connectivity index (χ0n) is 4.89. The third kappa shape index (κ3) is 2.04. The average molecular weight is 330 g/mol. The van der Waals surface area contributed by atoms with E-state index in [0.29, 0.717) is 0 Å². The maximum Gasteiger partial charge on any atom is 0.111 e. The van der Waals surface area contributed by atoms with Crippen LogP contribution < -0.4 is 0 Å². The van der Waals surface area contributed by atoms with Crippen LogP contribution >= 0.6 is 47.8 Å². The van der Waals surface area contributed by atoms with Gasteiger partial charge in [-0.15, -0.1) is 0 Å². The summed E-state index contributed by atoms with van der Waals surface area (Å²) in [5.74, 6) is 0. The summed E-state index contributed by atoms with van der Waals surface area (Å²) in [6.45, 7) is 0. The molecule has 10 heavy (non-hydrogen) atoms. The minimum absolute atomic E-state index is 0.170. The van der Waals surface area contributed by atoms with Crippen molar-refractivity contribution in [1.82, 2.24) is 4.98 Å². The van der Waals surface area contributed by atoms with E-state index in [0.717, 1.165) is 10.2 Å². The smallest absolute Gasteiger partial charge is 0.111 e. The summed E-state index contributed by atoms with van der Waals surface area (Å²) in [7, 11) is 0. The first-order chi connectivity index (χ1) is 4.72. The van der Waals surface area contributed by atoms with Gasteiger partial charge in [0.15, 0.2) is 0 Å². The lowest BCUT2D eigenvalue weighted by molar-refractivity contribution is 1.20. The van der Waals surface area contributed by atoms with Gasteiger partial charge < -0.3 is 0 Å². The maximum atomic E-state index is 4.06. The van der Waals surface area contributed by atoms with Gasteiger partial charge in [0.25, 0.3) is 0 Å². The molecule has 0 radical (unpaired) electrons. The number of aromatic nitrogens is 1. The van der Waals surface area contributed by atoms with Crippen LogP contribution in [0.2, 0.25) is 0 Å². The summed E-state index contributed by atoms with van der Waals surface area (Å²) in [6, 6.07) is 3.89. The summed E-state index contributed by atoms with van der Waals surface area (Å²) >= 11 is 10.1. The number of hydrogen-bond acceptors (Lipinski definition) is 1. The first kappa shape index (κ1) is 8.68. The van der Waals surface area contributed by atoms with Crippen molar-refractivity contribution in [2.75, 3.05) is 0 Å². The minimum atomic E-state index is 0.170. The molecule has 1 rings (SSSR count). The van der Waals surface area contributed by atoms with Gasteiger partial charge in [0, 0.05) is 11.8 Å². The van der Waals surface area contributed by atoms with Gasteiger partial charge in [-0.2, -0.15) is 0 Å². The minimum Gasteiger partial charge on any atom is -0.249 e. The number of alkyl halides is 2. The zero-order valence-corrected chi connectivity index (χ0v) is 9.65. The number of nitrogens with zero attached hydrogens (tertiary/aromatic N) is 1. The Labute approximate surface area is 84.6 Å². The molecule has 54 valence electrons. The molecule has 1 aromatic heterocycles. The van der Waals surface area contributed by atoms with Crippen molar-refractivity contribution in [1.29, 1.82) is 0 Å². The molecule has 1 heterocycles. The molecule has 0 N–H and O–H groups in total. The van der Waals surface area contributed by atoms with E-state index < -0.39 is 0 Å². The molecule has 0 atom stereocenters. The molecule has 0 saturated carbocycles. The van der Waals surface area contributed by atoms with Crippen molar-refractivity contribution >= 4 is 47.8 Å². The van der Waals surface area contributed by atoms with Crippen LogP contribution in [-0.4, -0.2) is 4.98 Å². The molecule has 0 unspecified atom stereocenters. The standard InChI is InChI=1S/C6H4Br3N/c7-5(8)4-2-1-3-10-6(4)9/h1-3,5H. The topological polar surface area (TPSA) is 12.9 Å². The quantitative estimate of drug-likeness (QED) is 0.566. The molecule has 0 aliphatic heterocycles. The summed E-state index contributed by atoms with van der Waals surface area (Å²) in [6.07, 6.45) is 1.75. The predicted octanol–water partition coefficient (Wildman–Crippen LogP) is 3.63. The second kappa shape index (κ2) is 3.83. The first-order valence-electron chi connectivity index (χ1n) is 2.60. The molecule has 4 heteroatoms. The van der Waals surface area contributed by atoms with E-state index >= 15 is 0 Å². The van der Waals surface area contributed by atoms with Crippen LogP contribution in [0.15, 0.2) is 22.9 Å². The van der Waals surface area contributed by atoms with Crippen LogP contribution in [-0.2, 0) is 0 Å². The van der Waals surface area contributed by atoms with Crippen molar-refractivity contribution in [3.63, 3.8) is 0 Å². The first-order valence-corrected chi connectivity index (χ1v) is 5.23. The number of rotatable bonds is 1. The zero-order chi connectivity index (χ0) is 7.56. The second-order valence-corrected chi connectivity index (χ2v) is 5.50. The highest BCUT2D eigenvalue weighted by Crippen LogP contribution is 2.32. The molecular formula is C6H4Br3N. The Bertz CT molecular complexity index is 224. The van der Waals surface area contributed by atoms with Gasteiger partial charge in [-0.1, -0.05) is 37.9 Å². The Hall–Kier alpha value is 0.590. The monoisotopic (exact) mass is 327 g/mol. The van der Waals surface area contributed by atoms with Gasteiger partial charge in [0.2, 0.25) is 0 Å².